The lowest BCUT2D eigenvalue weighted by Crippen LogP contribution is -2.22. The number of carbonyl (C=O) groups excluding carboxylic acids is 2. The van der Waals surface area contributed by atoms with Gasteiger partial charge in [-0.1, -0.05) is 6.07 Å². The Bertz CT molecular complexity index is 480. The first-order valence-corrected chi connectivity index (χ1v) is 4.86. The first-order valence-electron chi connectivity index (χ1n) is 4.86. The van der Waals surface area contributed by atoms with Crippen LogP contribution >= 0.6 is 0 Å². The summed E-state index contributed by atoms with van der Waals surface area (Å²) in [6.45, 7) is 1.22. The highest BCUT2D eigenvalue weighted by atomic mass is 19.4. The second-order valence-corrected chi connectivity index (χ2v) is 3.21. The first kappa shape index (κ1) is 14.1. The summed E-state index contributed by atoms with van der Waals surface area (Å²) in [4.78, 5) is 22.5. The molecule has 1 aromatic carbocycles. The number of Topliss-reactive ketones (excluding diaryl/α,β-unsaturated/α-hetero) is 1. The molecule has 98 valence electrons. The van der Waals surface area contributed by atoms with Crippen LogP contribution in [-0.2, 0) is 15.7 Å². The van der Waals surface area contributed by atoms with E-state index in [1.807, 2.05) is 0 Å². The molecule has 0 unspecified atom stereocenters. The third kappa shape index (κ3) is 2.85. The van der Waals surface area contributed by atoms with Gasteiger partial charge >= 0.3 is 12.1 Å². The molecule has 1 rings (SSSR count). The second-order valence-electron chi connectivity index (χ2n) is 3.21. The summed E-state index contributed by atoms with van der Waals surface area (Å²) in [6.07, 6.45) is -5.07. The normalized spacial score (nSPS) is 11.2. The summed E-state index contributed by atoms with van der Waals surface area (Å²) in [5.74, 6) is -4.59. The zero-order chi connectivity index (χ0) is 13.9. The Hall–Kier alpha value is -1.92. The minimum absolute atomic E-state index is 0.165. The molecule has 0 spiro atoms. The van der Waals surface area contributed by atoms with Gasteiger partial charge < -0.3 is 4.74 Å². The number of esters is 1. The average Bonchev–Trinajstić information content (AvgIpc) is 2.26. The van der Waals surface area contributed by atoms with Gasteiger partial charge in [0.1, 0.15) is 11.4 Å². The number of alkyl halides is 3. The molecule has 0 radical (unpaired) electrons. The van der Waals surface area contributed by atoms with Crippen LogP contribution in [0.25, 0.3) is 0 Å². The number of ketones is 1. The number of halogens is 4. The van der Waals surface area contributed by atoms with Crippen molar-refractivity contribution in [1.82, 2.24) is 0 Å². The van der Waals surface area contributed by atoms with Crippen LogP contribution in [0.1, 0.15) is 22.8 Å². The molecule has 0 heterocycles. The van der Waals surface area contributed by atoms with E-state index < -0.39 is 34.9 Å². The minimum atomic E-state index is -5.07. The summed E-state index contributed by atoms with van der Waals surface area (Å²) >= 11 is 0. The Labute approximate surface area is 99.4 Å². The average molecular weight is 264 g/mol. The maximum Gasteiger partial charge on any atom is 0.419 e. The van der Waals surface area contributed by atoms with E-state index in [0.717, 1.165) is 12.1 Å². The van der Waals surface area contributed by atoms with Crippen LogP contribution in [0.3, 0.4) is 0 Å². The molecule has 0 aliphatic rings. The van der Waals surface area contributed by atoms with E-state index in [2.05, 4.69) is 4.74 Å². The third-order valence-electron chi connectivity index (χ3n) is 2.00. The van der Waals surface area contributed by atoms with Gasteiger partial charge in [0, 0.05) is 5.56 Å². The van der Waals surface area contributed by atoms with Crippen molar-refractivity contribution >= 4 is 11.8 Å². The Morgan fingerprint density at radius 1 is 1.28 bits per heavy atom. The molecule has 1 aromatic rings. The van der Waals surface area contributed by atoms with Crippen LogP contribution in [0.4, 0.5) is 17.6 Å². The molecule has 0 N–H and O–H groups in total. The fourth-order valence-corrected chi connectivity index (χ4v) is 1.31. The molecule has 0 saturated heterocycles. The molecule has 0 aliphatic heterocycles. The van der Waals surface area contributed by atoms with E-state index in [1.165, 1.54) is 6.92 Å². The standard InChI is InChI=1S/C11H8F4O3/c1-2-18-10(17)9(16)6-4-3-5-7(12)8(6)11(13,14)15/h3-5H,2H2,1H3. The predicted molar refractivity (Wildman–Crippen MR) is 52.4 cm³/mol. The quantitative estimate of drug-likeness (QED) is 0.365. The largest absolute Gasteiger partial charge is 0.460 e. The van der Waals surface area contributed by atoms with E-state index in [0.29, 0.717) is 6.07 Å². The van der Waals surface area contributed by atoms with Crippen LogP contribution in [0.5, 0.6) is 0 Å². The number of hydrogen-bond donors (Lipinski definition) is 0. The molecule has 3 nitrogen and oxygen atoms in total. The lowest BCUT2D eigenvalue weighted by Gasteiger charge is -2.12. The Morgan fingerprint density at radius 3 is 2.39 bits per heavy atom. The van der Waals surface area contributed by atoms with Gasteiger partial charge in [0.15, 0.2) is 0 Å². The maximum absolute atomic E-state index is 13.1. The van der Waals surface area contributed by atoms with Gasteiger partial charge in [-0.3, -0.25) is 4.79 Å². The summed E-state index contributed by atoms with van der Waals surface area (Å²) in [5, 5.41) is 0. The van der Waals surface area contributed by atoms with Crippen molar-refractivity contribution < 1.29 is 31.9 Å². The van der Waals surface area contributed by atoms with E-state index in [-0.39, 0.29) is 6.61 Å². The van der Waals surface area contributed by atoms with Gasteiger partial charge in [0.25, 0.3) is 5.78 Å². The molecule has 0 aliphatic carbocycles. The molecular formula is C11H8F4O3. The minimum Gasteiger partial charge on any atom is -0.460 e. The Kier molecular flexibility index (Phi) is 4.05. The molecule has 0 atom stereocenters. The number of benzene rings is 1. The monoisotopic (exact) mass is 264 g/mol. The van der Waals surface area contributed by atoms with Gasteiger partial charge in [-0.2, -0.15) is 13.2 Å². The predicted octanol–water partition coefficient (Wildman–Crippen LogP) is 2.59. The molecule has 18 heavy (non-hydrogen) atoms. The van der Waals surface area contributed by atoms with E-state index in [9.17, 15) is 27.2 Å². The molecule has 0 fully saturated rings. The number of ether oxygens (including phenoxy) is 1. The van der Waals surface area contributed by atoms with Crippen LogP contribution in [-0.4, -0.2) is 18.4 Å². The molecule has 7 heteroatoms. The lowest BCUT2D eigenvalue weighted by molar-refractivity contribution is -0.140. The van der Waals surface area contributed by atoms with E-state index >= 15 is 0 Å². The highest BCUT2D eigenvalue weighted by Crippen LogP contribution is 2.34. The molecular weight excluding hydrogens is 256 g/mol. The fourth-order valence-electron chi connectivity index (χ4n) is 1.31. The van der Waals surface area contributed by atoms with E-state index in [4.69, 9.17) is 0 Å². The third-order valence-corrected chi connectivity index (χ3v) is 2.00. The summed E-state index contributed by atoms with van der Waals surface area (Å²) in [6, 6.07) is 2.20. The zero-order valence-corrected chi connectivity index (χ0v) is 9.18. The summed E-state index contributed by atoms with van der Waals surface area (Å²) < 4.78 is 55.1. The van der Waals surface area contributed by atoms with Crippen molar-refractivity contribution in [3.05, 3.63) is 35.1 Å². The van der Waals surface area contributed by atoms with Gasteiger partial charge in [0.05, 0.1) is 6.61 Å². The second kappa shape index (κ2) is 5.16. The van der Waals surface area contributed by atoms with Crippen molar-refractivity contribution in [3.63, 3.8) is 0 Å². The smallest absolute Gasteiger partial charge is 0.419 e. The first-order chi connectivity index (χ1) is 8.29. The topological polar surface area (TPSA) is 43.4 Å². The summed E-state index contributed by atoms with van der Waals surface area (Å²) in [5.41, 5.74) is -2.82. The zero-order valence-electron chi connectivity index (χ0n) is 9.18. The van der Waals surface area contributed by atoms with Crippen molar-refractivity contribution in [2.24, 2.45) is 0 Å². The van der Waals surface area contributed by atoms with Crippen LogP contribution in [0.2, 0.25) is 0 Å². The highest BCUT2D eigenvalue weighted by molar-refractivity contribution is 6.41. The van der Waals surface area contributed by atoms with Crippen LogP contribution in [0, 0.1) is 5.82 Å². The molecule has 0 aromatic heterocycles. The fraction of sp³-hybridized carbons (Fsp3) is 0.273. The van der Waals surface area contributed by atoms with Gasteiger partial charge in [0.2, 0.25) is 0 Å². The number of carbonyl (C=O) groups is 2. The molecule has 0 amide bonds. The summed E-state index contributed by atoms with van der Waals surface area (Å²) in [7, 11) is 0. The van der Waals surface area contributed by atoms with E-state index in [1.54, 1.807) is 0 Å². The molecule has 0 saturated carbocycles. The van der Waals surface area contributed by atoms with Crippen molar-refractivity contribution in [2.45, 2.75) is 13.1 Å². The highest BCUT2D eigenvalue weighted by Gasteiger charge is 2.39. The van der Waals surface area contributed by atoms with Gasteiger partial charge in [-0.15, -0.1) is 0 Å². The lowest BCUT2D eigenvalue weighted by atomic mass is 10.0. The van der Waals surface area contributed by atoms with Crippen molar-refractivity contribution in [3.8, 4) is 0 Å². The number of hydrogen-bond acceptors (Lipinski definition) is 3. The Morgan fingerprint density at radius 2 is 1.89 bits per heavy atom. The van der Waals surface area contributed by atoms with Crippen LogP contribution in [0.15, 0.2) is 18.2 Å². The van der Waals surface area contributed by atoms with Gasteiger partial charge in [-0.05, 0) is 19.1 Å². The molecule has 0 bridgehead atoms. The van der Waals surface area contributed by atoms with Crippen molar-refractivity contribution in [1.29, 1.82) is 0 Å². The van der Waals surface area contributed by atoms with Crippen LogP contribution < -0.4 is 0 Å². The number of rotatable bonds is 3. The van der Waals surface area contributed by atoms with Crippen molar-refractivity contribution in [2.75, 3.05) is 6.61 Å². The van der Waals surface area contributed by atoms with Gasteiger partial charge in [-0.25, -0.2) is 9.18 Å². The SMILES string of the molecule is CCOC(=O)C(=O)c1cccc(F)c1C(F)(F)F. The Balaban J connectivity index is 3.29. The maximum atomic E-state index is 13.1.